The number of amides is 1. The Kier molecular flexibility index (Phi) is 7.64. The number of nitrogens with one attached hydrogen (secondary N) is 1. The first-order valence-corrected chi connectivity index (χ1v) is 11.2. The number of carbonyl (C=O) groups excluding carboxylic acids is 2. The number of hydrogen-bond acceptors (Lipinski definition) is 6. The number of piperidine rings is 1. The highest BCUT2D eigenvalue weighted by Gasteiger charge is 2.40. The summed E-state index contributed by atoms with van der Waals surface area (Å²) in [5.74, 6) is -0.661. The van der Waals surface area contributed by atoms with Gasteiger partial charge in [0, 0.05) is 31.4 Å². The Morgan fingerprint density at radius 2 is 2.16 bits per heavy atom. The molecule has 0 aromatic heterocycles. The third-order valence-electron chi connectivity index (χ3n) is 5.95. The number of carbonyl (C=O) groups is 2. The lowest BCUT2D eigenvalue weighted by Crippen LogP contribution is -2.51. The fourth-order valence-corrected chi connectivity index (χ4v) is 4.31. The molecule has 2 heterocycles. The SMILES string of the molecule is CCOC(=O)CC1CC[N+](C#N)(c2ccc(N3C[C@H](CNC(C)=S)OC3=O)cc2F)CC1. The van der Waals surface area contributed by atoms with E-state index in [1.807, 2.05) is 0 Å². The molecule has 0 aliphatic carbocycles. The van der Waals surface area contributed by atoms with Gasteiger partial charge in [0.1, 0.15) is 6.10 Å². The van der Waals surface area contributed by atoms with Gasteiger partial charge in [0.15, 0.2) is 11.5 Å². The molecule has 1 amide bonds. The first-order valence-electron chi connectivity index (χ1n) is 10.7. The monoisotopic (exact) mass is 463 g/mol. The molecule has 1 aromatic rings. The number of nitriles is 1. The van der Waals surface area contributed by atoms with E-state index in [-0.39, 0.29) is 34.7 Å². The third kappa shape index (κ3) is 5.34. The second-order valence-corrected chi connectivity index (χ2v) is 8.77. The molecule has 1 N–H and O–H groups in total. The molecule has 2 aliphatic rings. The Morgan fingerprint density at radius 1 is 1.44 bits per heavy atom. The summed E-state index contributed by atoms with van der Waals surface area (Å²) in [5.41, 5.74) is 0.652. The second kappa shape index (κ2) is 10.2. The number of hydrogen-bond donors (Lipinski definition) is 1. The number of anilines is 1. The van der Waals surface area contributed by atoms with Crippen molar-refractivity contribution < 1.29 is 23.5 Å². The van der Waals surface area contributed by atoms with E-state index in [0.29, 0.717) is 56.2 Å². The third-order valence-corrected chi connectivity index (χ3v) is 6.09. The van der Waals surface area contributed by atoms with Crippen molar-refractivity contribution in [1.82, 2.24) is 9.80 Å². The van der Waals surface area contributed by atoms with Gasteiger partial charge in [-0.25, -0.2) is 9.18 Å². The van der Waals surface area contributed by atoms with Gasteiger partial charge < -0.3 is 14.8 Å². The molecule has 2 fully saturated rings. The maximum atomic E-state index is 15.2. The summed E-state index contributed by atoms with van der Waals surface area (Å²) in [6, 6.07) is 4.49. The number of cyclic esters (lactones) is 1. The molecule has 3 rings (SSSR count). The van der Waals surface area contributed by atoms with Crippen LogP contribution >= 0.6 is 12.2 Å². The van der Waals surface area contributed by atoms with Crippen LogP contribution in [0.3, 0.4) is 0 Å². The van der Waals surface area contributed by atoms with E-state index < -0.39 is 11.9 Å². The van der Waals surface area contributed by atoms with Crippen molar-refractivity contribution in [1.29, 1.82) is 5.26 Å². The summed E-state index contributed by atoms with van der Waals surface area (Å²) in [6.07, 6.45) is 2.89. The number of benzene rings is 1. The molecule has 0 radical (unpaired) electrons. The minimum absolute atomic E-state index is 0.122. The van der Waals surface area contributed by atoms with Crippen LogP contribution in [0.1, 0.15) is 33.1 Å². The van der Waals surface area contributed by atoms with Crippen LogP contribution in [0, 0.1) is 23.2 Å². The highest BCUT2D eigenvalue weighted by Crippen LogP contribution is 2.36. The van der Waals surface area contributed by atoms with Crippen LogP contribution in [0.25, 0.3) is 0 Å². The number of ether oxygens (including phenoxy) is 2. The maximum absolute atomic E-state index is 15.2. The van der Waals surface area contributed by atoms with Crippen LogP contribution in [-0.2, 0) is 14.3 Å². The minimum Gasteiger partial charge on any atom is -0.466 e. The molecule has 2 aliphatic heterocycles. The van der Waals surface area contributed by atoms with Gasteiger partial charge in [-0.15, -0.1) is 5.26 Å². The largest absolute Gasteiger partial charge is 0.466 e. The van der Waals surface area contributed by atoms with Crippen LogP contribution in [0.5, 0.6) is 0 Å². The van der Waals surface area contributed by atoms with E-state index in [2.05, 4.69) is 11.5 Å². The van der Waals surface area contributed by atoms with E-state index in [0.717, 1.165) is 0 Å². The summed E-state index contributed by atoms with van der Waals surface area (Å²) in [7, 11) is 0. The van der Waals surface area contributed by atoms with Crippen molar-refractivity contribution in [2.45, 2.75) is 39.2 Å². The molecule has 2 saturated heterocycles. The summed E-state index contributed by atoms with van der Waals surface area (Å²) < 4.78 is 25.3. The highest BCUT2D eigenvalue weighted by atomic mass is 32.1. The van der Waals surface area contributed by atoms with Gasteiger partial charge in [-0.2, -0.15) is 4.48 Å². The lowest BCUT2D eigenvalue weighted by Gasteiger charge is -2.36. The fourth-order valence-electron chi connectivity index (χ4n) is 4.22. The lowest BCUT2D eigenvalue weighted by atomic mass is 9.91. The quantitative estimate of drug-likeness (QED) is 0.287. The minimum atomic E-state index is -0.546. The summed E-state index contributed by atoms with van der Waals surface area (Å²) in [4.78, 5) is 26.0. The molecular formula is C22H28FN4O4S+. The number of nitrogens with zero attached hydrogens (tertiary/aromatic N) is 3. The highest BCUT2D eigenvalue weighted by molar-refractivity contribution is 7.80. The van der Waals surface area contributed by atoms with E-state index >= 15 is 4.39 Å². The van der Waals surface area contributed by atoms with Crippen molar-refractivity contribution in [3.63, 3.8) is 0 Å². The van der Waals surface area contributed by atoms with E-state index in [1.165, 1.54) is 11.0 Å². The van der Waals surface area contributed by atoms with Gasteiger partial charge in [0.05, 0.1) is 43.5 Å². The van der Waals surface area contributed by atoms with E-state index in [1.54, 1.807) is 26.0 Å². The van der Waals surface area contributed by atoms with Crippen molar-refractivity contribution in [2.24, 2.45) is 5.92 Å². The lowest BCUT2D eigenvalue weighted by molar-refractivity contribution is -0.144. The van der Waals surface area contributed by atoms with E-state index in [4.69, 9.17) is 21.7 Å². The van der Waals surface area contributed by atoms with Gasteiger partial charge >= 0.3 is 18.3 Å². The number of thiocarbonyl (C=S) groups is 1. The number of rotatable bonds is 7. The number of esters is 1. The second-order valence-electron chi connectivity index (χ2n) is 8.16. The summed E-state index contributed by atoms with van der Waals surface area (Å²) >= 11 is 4.97. The molecule has 1 atom stereocenters. The number of likely N-dealkylation sites (tertiary alicyclic amines) is 1. The van der Waals surface area contributed by atoms with Crippen molar-refractivity contribution in [3.8, 4) is 6.19 Å². The fraction of sp³-hybridized carbons (Fsp3) is 0.545. The number of quaternary nitrogens is 1. The van der Waals surface area contributed by atoms with Gasteiger partial charge in [-0.3, -0.25) is 9.69 Å². The molecule has 0 spiro atoms. The topological polar surface area (TPSA) is 91.7 Å². The van der Waals surface area contributed by atoms with Crippen LogP contribution in [0.4, 0.5) is 20.6 Å². The van der Waals surface area contributed by atoms with Crippen molar-refractivity contribution in [2.75, 3.05) is 37.7 Å². The average Bonchev–Trinajstić information content (AvgIpc) is 3.14. The Hall–Kier alpha value is -2.77. The summed E-state index contributed by atoms with van der Waals surface area (Å²) in [6.45, 7) is 5.34. The maximum Gasteiger partial charge on any atom is 0.414 e. The zero-order valence-electron chi connectivity index (χ0n) is 18.3. The van der Waals surface area contributed by atoms with E-state index in [9.17, 15) is 14.9 Å². The first kappa shape index (κ1) is 23.9. The Bertz CT molecular complexity index is 927. The van der Waals surface area contributed by atoms with Crippen molar-refractivity contribution in [3.05, 3.63) is 24.0 Å². The summed E-state index contributed by atoms with van der Waals surface area (Å²) in [5, 5.41) is 12.9. The normalized spacial score (nSPS) is 25.1. The van der Waals surface area contributed by atoms with Crippen molar-refractivity contribution >= 4 is 40.6 Å². The van der Waals surface area contributed by atoms with Gasteiger partial charge in [0.2, 0.25) is 0 Å². The Labute approximate surface area is 192 Å². The standard InChI is InChI=1S/C22H27FN4O4S/c1-3-30-21(28)10-16-6-8-27(14-24,9-7-16)20-5-4-17(11-19(20)23)26-13-18(31-22(26)29)12-25-15(2)32/h4-5,11,16,18H,3,6-10,12-13H2,1-2H3/p+1/t16?,18-,27?/m0/s1. The molecule has 0 unspecified atom stereocenters. The van der Waals surface area contributed by atoms with Gasteiger partial charge in [-0.1, -0.05) is 12.2 Å². The molecule has 8 nitrogen and oxygen atoms in total. The van der Waals surface area contributed by atoms with Gasteiger partial charge in [0.25, 0.3) is 0 Å². The molecule has 32 heavy (non-hydrogen) atoms. The zero-order chi connectivity index (χ0) is 23.3. The van der Waals surface area contributed by atoms with Crippen LogP contribution in [0.15, 0.2) is 18.2 Å². The smallest absolute Gasteiger partial charge is 0.414 e. The molecular weight excluding hydrogens is 435 g/mol. The predicted octanol–water partition coefficient (Wildman–Crippen LogP) is 3.24. The average molecular weight is 464 g/mol. The van der Waals surface area contributed by atoms with Crippen LogP contribution < -0.4 is 14.7 Å². The molecule has 172 valence electrons. The molecule has 0 saturated carbocycles. The molecule has 1 aromatic carbocycles. The van der Waals surface area contributed by atoms with Crippen LogP contribution in [0.2, 0.25) is 0 Å². The Balaban J connectivity index is 1.69. The Morgan fingerprint density at radius 3 is 2.75 bits per heavy atom. The predicted molar refractivity (Wildman–Crippen MR) is 121 cm³/mol. The first-order chi connectivity index (χ1) is 15.3. The van der Waals surface area contributed by atoms with Gasteiger partial charge in [-0.05, 0) is 25.8 Å². The zero-order valence-corrected chi connectivity index (χ0v) is 19.1. The molecule has 10 heteroatoms. The molecule has 0 bridgehead atoms. The van der Waals surface area contributed by atoms with Crippen LogP contribution in [-0.4, -0.2) is 55.9 Å². The number of halogens is 1.